The van der Waals surface area contributed by atoms with Gasteiger partial charge in [-0.2, -0.15) is 10.1 Å². The van der Waals surface area contributed by atoms with Gasteiger partial charge in [-0.05, 0) is 52.2 Å². The number of carbonyl (C=O) groups excluding carboxylic acids is 1. The number of methoxy groups -OCH3 is 1. The molecule has 0 fully saturated rings. The minimum atomic E-state index is -0.324. The summed E-state index contributed by atoms with van der Waals surface area (Å²) in [6.45, 7) is 16.3. The molecule has 0 aliphatic carbocycles. The molecule has 11 heteroatoms. The number of benzene rings is 2. The normalized spacial score (nSPS) is 10.8. The minimum absolute atomic E-state index is 0.324. The molecule has 40 heavy (non-hydrogen) atoms. The number of likely N-dealkylation sites (N-methyl/N-ethyl adjacent to an activating group) is 2. The summed E-state index contributed by atoms with van der Waals surface area (Å²) < 4.78 is 7.47. The predicted octanol–water partition coefficient (Wildman–Crippen LogP) is 4.86. The Bertz CT molecular complexity index is 1620. The molecule has 4 aromatic rings. The van der Waals surface area contributed by atoms with Crippen LogP contribution in [-0.2, 0) is 4.79 Å². The van der Waals surface area contributed by atoms with Gasteiger partial charge in [0.15, 0.2) is 11.5 Å². The number of aryl methyl sites for hydroxylation is 2. The zero-order valence-corrected chi connectivity index (χ0v) is 23.6. The number of hydrogen-bond donors (Lipinski definition) is 2. The van der Waals surface area contributed by atoms with E-state index >= 15 is 0 Å². The van der Waals surface area contributed by atoms with Gasteiger partial charge in [-0.15, -0.1) is 0 Å². The zero-order valence-electron chi connectivity index (χ0n) is 23.6. The topological polar surface area (TPSA) is 105 Å². The van der Waals surface area contributed by atoms with Gasteiger partial charge in [0.05, 0.1) is 42.0 Å². The van der Waals surface area contributed by atoms with Crippen molar-refractivity contribution in [1.82, 2.24) is 24.6 Å². The number of aromatic nitrogens is 4. The Morgan fingerprint density at radius 2 is 1.95 bits per heavy atom. The summed E-state index contributed by atoms with van der Waals surface area (Å²) in [6, 6.07) is 9.14. The Kier molecular flexibility index (Phi) is 8.31. The smallest absolute Gasteiger partial charge is 0.247 e. The van der Waals surface area contributed by atoms with Gasteiger partial charge < -0.3 is 25.2 Å². The van der Waals surface area contributed by atoms with Gasteiger partial charge in [-0.3, -0.25) is 4.79 Å². The van der Waals surface area contributed by atoms with Crippen molar-refractivity contribution in [3.05, 3.63) is 71.9 Å². The maximum atomic E-state index is 12.3. The van der Waals surface area contributed by atoms with Crippen LogP contribution >= 0.6 is 0 Å². The highest BCUT2D eigenvalue weighted by atomic mass is 16.5. The van der Waals surface area contributed by atoms with Gasteiger partial charge in [-0.1, -0.05) is 12.6 Å². The molecule has 0 spiro atoms. The second-order valence-electron chi connectivity index (χ2n) is 9.62. The van der Waals surface area contributed by atoms with Crippen LogP contribution in [-0.4, -0.2) is 71.9 Å². The average molecular weight is 540 g/mol. The Morgan fingerprint density at radius 1 is 1.18 bits per heavy atom. The van der Waals surface area contributed by atoms with Gasteiger partial charge >= 0.3 is 0 Å². The Hall–Kier alpha value is -4.95. The first-order valence-corrected chi connectivity index (χ1v) is 12.6. The van der Waals surface area contributed by atoms with E-state index in [2.05, 4.69) is 36.8 Å². The van der Waals surface area contributed by atoms with Crippen LogP contribution in [0.1, 0.15) is 11.3 Å². The molecule has 0 bridgehead atoms. The SMILES string of the molecule is [C-]#[N+]c1ccc2c(c1)c(C)nn2-c1nc(Nc2cc(NC(=O)C=C)c(N(C)CCN(C)C)cc2OC)ncc1C. The van der Waals surface area contributed by atoms with Crippen molar-refractivity contribution >= 4 is 45.5 Å². The summed E-state index contributed by atoms with van der Waals surface area (Å²) >= 11 is 0. The van der Waals surface area contributed by atoms with Crippen LogP contribution in [0.15, 0.2) is 49.2 Å². The highest BCUT2D eigenvalue weighted by molar-refractivity contribution is 6.02. The molecular weight excluding hydrogens is 506 g/mol. The lowest BCUT2D eigenvalue weighted by molar-refractivity contribution is -0.111. The lowest BCUT2D eigenvalue weighted by Gasteiger charge is -2.26. The third-order valence-corrected chi connectivity index (χ3v) is 6.42. The molecule has 0 aliphatic heterocycles. The number of nitrogens with one attached hydrogen (secondary N) is 2. The van der Waals surface area contributed by atoms with Crippen LogP contribution in [0.3, 0.4) is 0 Å². The second-order valence-corrected chi connectivity index (χ2v) is 9.62. The fraction of sp³-hybridized carbons (Fsp3) is 0.276. The zero-order chi connectivity index (χ0) is 29.0. The molecule has 0 radical (unpaired) electrons. The molecule has 2 heterocycles. The van der Waals surface area contributed by atoms with Crippen LogP contribution in [0.2, 0.25) is 0 Å². The van der Waals surface area contributed by atoms with Crippen LogP contribution < -0.4 is 20.3 Å². The maximum Gasteiger partial charge on any atom is 0.247 e. The molecule has 0 unspecified atom stereocenters. The lowest BCUT2D eigenvalue weighted by atomic mass is 10.2. The quantitative estimate of drug-likeness (QED) is 0.218. The Balaban J connectivity index is 1.75. The number of rotatable bonds is 10. The lowest BCUT2D eigenvalue weighted by Crippen LogP contribution is -2.29. The molecule has 0 saturated heterocycles. The summed E-state index contributed by atoms with van der Waals surface area (Å²) in [7, 11) is 7.57. The molecule has 0 saturated carbocycles. The van der Waals surface area contributed by atoms with Gasteiger partial charge in [0.2, 0.25) is 11.9 Å². The van der Waals surface area contributed by atoms with E-state index in [-0.39, 0.29) is 5.91 Å². The van der Waals surface area contributed by atoms with Crippen LogP contribution in [0.4, 0.5) is 28.7 Å². The fourth-order valence-electron chi connectivity index (χ4n) is 4.22. The van der Waals surface area contributed by atoms with Crippen molar-refractivity contribution in [2.24, 2.45) is 0 Å². The summed E-state index contributed by atoms with van der Waals surface area (Å²) in [5, 5.41) is 11.7. The maximum absolute atomic E-state index is 12.3. The van der Waals surface area contributed by atoms with Crippen molar-refractivity contribution in [2.45, 2.75) is 13.8 Å². The van der Waals surface area contributed by atoms with Crippen LogP contribution in [0.25, 0.3) is 21.6 Å². The molecule has 2 aromatic carbocycles. The molecule has 2 aromatic heterocycles. The van der Waals surface area contributed by atoms with Gasteiger partial charge in [0.1, 0.15) is 5.75 Å². The van der Waals surface area contributed by atoms with E-state index in [0.29, 0.717) is 34.6 Å². The first-order valence-electron chi connectivity index (χ1n) is 12.6. The van der Waals surface area contributed by atoms with Gasteiger partial charge in [0.25, 0.3) is 0 Å². The number of carbonyl (C=O) groups is 1. The number of amides is 1. The highest BCUT2D eigenvalue weighted by Crippen LogP contribution is 2.38. The Labute approximate surface area is 233 Å². The summed E-state index contributed by atoms with van der Waals surface area (Å²) in [6.07, 6.45) is 2.95. The van der Waals surface area contributed by atoms with E-state index in [9.17, 15) is 4.79 Å². The van der Waals surface area contributed by atoms with Crippen LogP contribution in [0.5, 0.6) is 5.75 Å². The molecule has 0 aliphatic rings. The molecular formula is C29H33N9O2. The van der Waals surface area contributed by atoms with Crippen molar-refractivity contribution < 1.29 is 9.53 Å². The van der Waals surface area contributed by atoms with E-state index in [4.69, 9.17) is 21.4 Å². The van der Waals surface area contributed by atoms with E-state index in [1.165, 1.54) is 6.08 Å². The Morgan fingerprint density at radius 3 is 2.62 bits per heavy atom. The van der Waals surface area contributed by atoms with Crippen molar-refractivity contribution in [3.8, 4) is 11.6 Å². The first kappa shape index (κ1) is 28.1. The summed E-state index contributed by atoms with van der Waals surface area (Å²) in [5.74, 6) is 1.16. The molecule has 0 atom stereocenters. The van der Waals surface area contributed by atoms with Crippen molar-refractivity contribution in [3.63, 3.8) is 0 Å². The molecule has 11 nitrogen and oxygen atoms in total. The third-order valence-electron chi connectivity index (χ3n) is 6.42. The average Bonchev–Trinajstić information content (AvgIpc) is 3.27. The standard InChI is InChI=1S/C29H33N9O2/c1-9-27(39)32-22-15-23(26(40-8)16-25(22)37(7)13-12-36(5)6)33-29-31-17-18(2)28(34-29)38-24-11-10-20(30-4)14-21(24)19(3)35-38/h9-11,14-17H,1,12-13H2,2-3,5-8H3,(H,32,39)(H,31,33,34). The summed E-state index contributed by atoms with van der Waals surface area (Å²) in [5.41, 5.74) is 4.98. The highest BCUT2D eigenvalue weighted by Gasteiger charge is 2.18. The summed E-state index contributed by atoms with van der Waals surface area (Å²) in [4.78, 5) is 29.2. The third kappa shape index (κ3) is 5.87. The first-order chi connectivity index (χ1) is 19.1. The number of nitrogens with zero attached hydrogens (tertiary/aromatic N) is 7. The largest absolute Gasteiger partial charge is 0.494 e. The molecule has 1 amide bonds. The second kappa shape index (κ2) is 11.8. The van der Waals surface area contributed by atoms with Crippen LogP contribution in [0, 0.1) is 20.4 Å². The monoisotopic (exact) mass is 539 g/mol. The number of hydrogen-bond acceptors (Lipinski definition) is 8. The van der Waals surface area contributed by atoms with Gasteiger partial charge in [-0.25, -0.2) is 14.5 Å². The number of anilines is 4. The number of ether oxygens (including phenoxy) is 1. The number of fused-ring (bicyclic) bond motifs is 1. The van der Waals surface area contributed by atoms with Crippen molar-refractivity contribution in [2.75, 3.05) is 56.9 Å². The predicted molar refractivity (Wildman–Crippen MR) is 159 cm³/mol. The van der Waals surface area contributed by atoms with E-state index in [1.54, 1.807) is 30.1 Å². The van der Waals surface area contributed by atoms with E-state index in [1.807, 2.05) is 53.2 Å². The minimum Gasteiger partial charge on any atom is -0.494 e. The van der Waals surface area contributed by atoms with E-state index < -0.39 is 0 Å². The fourth-order valence-corrected chi connectivity index (χ4v) is 4.22. The molecule has 4 rings (SSSR count). The molecule has 2 N–H and O–H groups in total. The van der Waals surface area contributed by atoms with Crippen molar-refractivity contribution in [1.29, 1.82) is 0 Å². The molecule has 206 valence electrons. The van der Waals surface area contributed by atoms with E-state index in [0.717, 1.165) is 40.9 Å². The van der Waals surface area contributed by atoms with Gasteiger partial charge in [0, 0.05) is 43.4 Å².